The van der Waals surface area contributed by atoms with Gasteiger partial charge in [0.25, 0.3) is 0 Å². The Bertz CT molecular complexity index is 2410. The van der Waals surface area contributed by atoms with Crippen LogP contribution in [-0.4, -0.2) is 38.5 Å². The zero-order valence-corrected chi connectivity index (χ0v) is 32.0. The molecule has 5 heterocycles. The predicted octanol–water partition coefficient (Wildman–Crippen LogP) is 7.39. The molecule has 6 atom stereocenters. The number of thiophene rings is 1. The highest BCUT2D eigenvalue weighted by atomic mass is 127. The molecule has 0 radical (unpaired) electrons. The number of anilines is 2. The van der Waals surface area contributed by atoms with Gasteiger partial charge in [0.05, 0.1) is 39.7 Å². The number of amides is 4. The summed E-state index contributed by atoms with van der Waals surface area (Å²) < 4.78 is 9.75. The van der Waals surface area contributed by atoms with Gasteiger partial charge in [0, 0.05) is 26.4 Å². The number of aromatic nitrogens is 2. The first-order valence-electron chi connectivity index (χ1n) is 17.1. The second-order valence-electron chi connectivity index (χ2n) is 14.3. The van der Waals surface area contributed by atoms with Crippen LogP contribution in [0.25, 0.3) is 20.7 Å². The number of aliphatic hydroxyl groups excluding tert-OH is 1. The summed E-state index contributed by atoms with van der Waals surface area (Å²) in [7, 11) is 1.72. The van der Waals surface area contributed by atoms with E-state index in [2.05, 4.69) is 22.6 Å². The summed E-state index contributed by atoms with van der Waals surface area (Å²) in [6.45, 7) is 3.48. The van der Waals surface area contributed by atoms with Crippen molar-refractivity contribution in [2.75, 3.05) is 9.80 Å². The van der Waals surface area contributed by atoms with E-state index in [1.165, 1.54) is 9.80 Å². The molecule has 9 rings (SSSR count). The number of hydrogen-bond donors (Lipinski definition) is 1. The number of imide groups is 2. The van der Waals surface area contributed by atoms with Crippen molar-refractivity contribution >= 4 is 90.7 Å². The molecule has 1 saturated carbocycles. The second kappa shape index (κ2) is 12.0. The molecular formula is C39H32ClIN4O6S. The number of allylic oxidation sites excluding steroid dienone is 2. The SMILES string of the molecule is Cc1c(-c2cc(N3C(=O)[C@@H]4C[C@@H]5C(=CC[C@@H]6C(=O)N(c7ccc(I)cc7)C(=O)[C@@H]65)[C@H](c5ccc(CO)o5)[C@]4(C)C3=O)n(C)n2)sc2ccc(Cl)cc12. The van der Waals surface area contributed by atoms with E-state index in [9.17, 15) is 24.3 Å². The van der Waals surface area contributed by atoms with Crippen LogP contribution in [0.5, 0.6) is 0 Å². The van der Waals surface area contributed by atoms with E-state index in [0.29, 0.717) is 40.2 Å². The van der Waals surface area contributed by atoms with Crippen molar-refractivity contribution in [3.05, 3.63) is 98.0 Å². The number of hydrogen-bond acceptors (Lipinski definition) is 8. The lowest BCUT2D eigenvalue weighted by Crippen LogP contribution is -2.48. The summed E-state index contributed by atoms with van der Waals surface area (Å²) in [5.74, 6) is -3.52. The number of halogens is 2. The minimum Gasteiger partial charge on any atom is -0.463 e. The van der Waals surface area contributed by atoms with E-state index in [1.54, 1.807) is 53.4 Å². The fraction of sp³-hybridized carbons (Fsp3) is 0.308. The molecule has 2 aromatic carbocycles. The van der Waals surface area contributed by atoms with Crippen molar-refractivity contribution < 1.29 is 28.7 Å². The standard InChI is InChI=1S/C39H32ClIN4O6S/c1-18-25-14-19(40)4-13-30(25)52-34(18)28-16-31(43(3)42-28)45-36(48)27-15-26-23(33(39(27,2)38(45)50)29-12-9-22(17-46)51-29)10-11-24-32(26)37(49)44(35(24)47)21-7-5-20(41)6-8-21/h4-10,12-14,16,24,26-27,32-33,46H,11,15,17H2,1-3H3/t24-,26+,27-,32-,33+,39+/m0/s1. The van der Waals surface area contributed by atoms with E-state index >= 15 is 0 Å². The van der Waals surface area contributed by atoms with Crippen LogP contribution in [0.1, 0.15) is 42.8 Å². The number of benzene rings is 2. The van der Waals surface area contributed by atoms with E-state index in [-0.39, 0.29) is 36.7 Å². The summed E-state index contributed by atoms with van der Waals surface area (Å²) >= 11 is 10.1. The van der Waals surface area contributed by atoms with Crippen LogP contribution in [0, 0.1) is 39.6 Å². The van der Waals surface area contributed by atoms with Crippen molar-refractivity contribution in [1.29, 1.82) is 0 Å². The number of aliphatic hydroxyl groups is 1. The summed E-state index contributed by atoms with van der Waals surface area (Å²) in [6.07, 6.45) is 2.53. The lowest BCUT2D eigenvalue weighted by Gasteiger charge is -2.48. The minimum atomic E-state index is -1.28. The predicted molar refractivity (Wildman–Crippen MR) is 205 cm³/mol. The zero-order chi connectivity index (χ0) is 36.4. The summed E-state index contributed by atoms with van der Waals surface area (Å²) in [5, 5.41) is 16.4. The number of fused-ring (bicyclic) bond motifs is 5. The number of nitrogens with zero attached hydrogens (tertiary/aromatic N) is 4. The van der Waals surface area contributed by atoms with Gasteiger partial charge in [-0.05, 0) is 121 Å². The lowest BCUT2D eigenvalue weighted by atomic mass is 9.52. The first-order valence-corrected chi connectivity index (χ1v) is 19.3. The second-order valence-corrected chi connectivity index (χ2v) is 17.1. The molecule has 0 unspecified atom stereocenters. The van der Waals surface area contributed by atoms with Gasteiger partial charge in [0.15, 0.2) is 0 Å². The molecule has 0 spiro atoms. The topological polar surface area (TPSA) is 126 Å². The molecule has 4 aliphatic rings. The maximum absolute atomic E-state index is 15.0. The third-order valence-corrected chi connectivity index (χ3v) is 13.9. The molecule has 264 valence electrons. The van der Waals surface area contributed by atoms with Crippen LogP contribution in [0.2, 0.25) is 5.02 Å². The Morgan fingerprint density at radius 1 is 1.00 bits per heavy atom. The monoisotopic (exact) mass is 846 g/mol. The van der Waals surface area contributed by atoms with Crippen LogP contribution in [0.4, 0.5) is 11.5 Å². The third-order valence-electron chi connectivity index (χ3n) is 11.7. The Hall–Kier alpha value is -4.11. The Kier molecular flexibility index (Phi) is 7.75. The van der Waals surface area contributed by atoms with Crippen molar-refractivity contribution in [3.63, 3.8) is 0 Å². The quantitative estimate of drug-likeness (QED) is 0.111. The molecule has 1 N–H and O–H groups in total. The summed E-state index contributed by atoms with van der Waals surface area (Å²) in [5.41, 5.74) is 1.69. The highest BCUT2D eigenvalue weighted by molar-refractivity contribution is 14.1. The number of carbonyl (C=O) groups is 4. The first-order chi connectivity index (χ1) is 24.9. The minimum absolute atomic E-state index is 0.217. The van der Waals surface area contributed by atoms with E-state index in [1.807, 2.05) is 50.3 Å². The van der Waals surface area contributed by atoms with Gasteiger partial charge in [-0.2, -0.15) is 5.10 Å². The van der Waals surface area contributed by atoms with Gasteiger partial charge >= 0.3 is 0 Å². The van der Waals surface area contributed by atoms with Crippen molar-refractivity contribution in [2.24, 2.45) is 36.1 Å². The molecule has 3 fully saturated rings. The number of carbonyl (C=O) groups excluding carboxylic acids is 4. The van der Waals surface area contributed by atoms with Gasteiger partial charge in [-0.3, -0.25) is 28.8 Å². The van der Waals surface area contributed by atoms with Crippen molar-refractivity contribution in [1.82, 2.24) is 9.78 Å². The van der Waals surface area contributed by atoms with Crippen LogP contribution in [0.15, 0.2) is 76.7 Å². The van der Waals surface area contributed by atoms with Gasteiger partial charge < -0.3 is 9.52 Å². The molecule has 4 amide bonds. The smallest absolute Gasteiger partial charge is 0.242 e. The molecular weight excluding hydrogens is 815 g/mol. The average molecular weight is 847 g/mol. The molecule has 0 bridgehead atoms. The normalized spacial score (nSPS) is 27.0. The molecule has 10 nitrogen and oxygen atoms in total. The van der Waals surface area contributed by atoms with Gasteiger partial charge in [-0.25, -0.2) is 4.90 Å². The molecule has 3 aromatic heterocycles. The maximum Gasteiger partial charge on any atom is 0.242 e. The first kappa shape index (κ1) is 33.7. The molecule has 2 aliphatic carbocycles. The van der Waals surface area contributed by atoms with E-state index < -0.39 is 35.0 Å². The van der Waals surface area contributed by atoms with Crippen LogP contribution >= 0.6 is 45.5 Å². The highest BCUT2D eigenvalue weighted by Crippen LogP contribution is 2.64. The lowest BCUT2D eigenvalue weighted by molar-refractivity contribution is -0.131. The van der Waals surface area contributed by atoms with Crippen molar-refractivity contribution in [3.8, 4) is 10.6 Å². The molecule has 13 heteroatoms. The fourth-order valence-corrected chi connectivity index (χ4v) is 10.9. The molecule has 5 aromatic rings. The summed E-state index contributed by atoms with van der Waals surface area (Å²) in [6, 6.07) is 18.2. The van der Waals surface area contributed by atoms with Gasteiger partial charge in [0.1, 0.15) is 29.6 Å². The van der Waals surface area contributed by atoms with Gasteiger partial charge in [-0.1, -0.05) is 23.3 Å². The number of aryl methyl sites for hydroxylation is 2. The Balaban J connectivity index is 1.14. The average Bonchev–Trinajstić information content (AvgIpc) is 3.92. The Morgan fingerprint density at radius 2 is 1.77 bits per heavy atom. The number of rotatable bonds is 5. The third kappa shape index (κ3) is 4.66. The highest BCUT2D eigenvalue weighted by Gasteiger charge is 2.68. The van der Waals surface area contributed by atoms with Crippen LogP contribution in [-0.2, 0) is 32.8 Å². The largest absolute Gasteiger partial charge is 0.463 e. The van der Waals surface area contributed by atoms with Crippen LogP contribution in [0.3, 0.4) is 0 Å². The van der Waals surface area contributed by atoms with Gasteiger partial charge in [-0.15, -0.1) is 11.3 Å². The zero-order valence-electron chi connectivity index (χ0n) is 28.3. The van der Waals surface area contributed by atoms with E-state index in [4.69, 9.17) is 21.1 Å². The fourth-order valence-electron chi connectivity index (χ4n) is 9.23. The van der Waals surface area contributed by atoms with Crippen molar-refractivity contribution in [2.45, 2.75) is 39.2 Å². The van der Waals surface area contributed by atoms with Gasteiger partial charge in [0.2, 0.25) is 23.6 Å². The molecule has 2 aliphatic heterocycles. The Labute approximate surface area is 321 Å². The Morgan fingerprint density at radius 3 is 2.50 bits per heavy atom. The maximum atomic E-state index is 15.0. The summed E-state index contributed by atoms with van der Waals surface area (Å²) in [4.78, 5) is 61.4. The molecule has 52 heavy (non-hydrogen) atoms. The molecule has 2 saturated heterocycles. The number of furan rings is 1. The van der Waals surface area contributed by atoms with Crippen LogP contribution < -0.4 is 9.80 Å². The van der Waals surface area contributed by atoms with E-state index in [0.717, 1.165) is 29.7 Å².